The molecule has 522 valence electrons. The molecule has 0 saturated heterocycles. The second kappa shape index (κ2) is 28.4. The van der Waals surface area contributed by atoms with E-state index in [9.17, 15) is 0 Å². The van der Waals surface area contributed by atoms with Crippen LogP contribution in [0.2, 0.25) is 0 Å². The topological polar surface area (TPSA) is 172 Å². The number of hydrogen-bond donors (Lipinski definition) is 1. The molecule has 5 heterocycles. The lowest BCUT2D eigenvalue weighted by Gasteiger charge is -2.19. The zero-order chi connectivity index (χ0) is 70.4. The van der Waals surface area contributed by atoms with Crippen LogP contribution >= 0.6 is 0 Å². The minimum Gasteiger partial charge on any atom is -0.495 e. The molecule has 0 spiro atoms. The van der Waals surface area contributed by atoms with E-state index in [0.29, 0.717) is 175 Å². The van der Waals surface area contributed by atoms with Gasteiger partial charge in [-0.1, -0.05) is 177 Å². The zero-order valence-electron chi connectivity index (χ0n) is 60.3. The fraction of sp³-hybridized carbons (Fsp3) is 0.310. The SMILES string of the molecule is CCCCOc1c2c(c(OCCCC)c3cc4ccccc4cc13)-c1nc-2nc2[nH]c(nc3nc(nc4c5c(OCCCC)c6cc7ccccc7cc6c(OCCCC)c5c(n1)n4C)-c1c-3c(OCCCC)c3cc4ccccc4cc3c1OCCCC)c1c(OC)c3ccccc3c(OC)c21. The Hall–Kier alpha value is -11.0. The van der Waals surface area contributed by atoms with E-state index < -0.39 is 0 Å². The second-order valence-corrected chi connectivity index (χ2v) is 27.0. The zero-order valence-corrected chi connectivity index (χ0v) is 60.3. The van der Waals surface area contributed by atoms with E-state index in [0.717, 1.165) is 152 Å². The average Bonchev–Trinajstić information content (AvgIpc) is 1.59. The molecule has 16 heteroatoms. The summed E-state index contributed by atoms with van der Waals surface area (Å²) >= 11 is 0. The van der Waals surface area contributed by atoms with E-state index in [-0.39, 0.29) is 0 Å². The van der Waals surface area contributed by atoms with Crippen molar-refractivity contribution in [1.82, 2.24) is 39.5 Å². The normalized spacial score (nSPS) is 12.0. The van der Waals surface area contributed by atoms with Crippen LogP contribution in [0.15, 0.2) is 133 Å². The van der Waals surface area contributed by atoms with Crippen molar-refractivity contribution in [1.29, 1.82) is 0 Å². The van der Waals surface area contributed by atoms with Crippen molar-refractivity contribution in [3.63, 3.8) is 0 Å². The maximum absolute atomic E-state index is 7.39. The van der Waals surface area contributed by atoms with E-state index in [1.807, 2.05) is 31.3 Å². The van der Waals surface area contributed by atoms with Gasteiger partial charge in [-0.05, 0) is 107 Å². The summed E-state index contributed by atoms with van der Waals surface area (Å²) in [5, 5.41) is 15.7. The predicted molar refractivity (Wildman–Crippen MR) is 419 cm³/mol. The predicted octanol–water partition coefficient (Wildman–Crippen LogP) is 22.0. The molecule has 0 atom stereocenters. The van der Waals surface area contributed by atoms with Crippen molar-refractivity contribution < 1.29 is 37.9 Å². The fourth-order valence-electron chi connectivity index (χ4n) is 14.9. The van der Waals surface area contributed by atoms with E-state index in [4.69, 9.17) is 67.8 Å². The third kappa shape index (κ3) is 11.4. The molecule has 0 amide bonds. The van der Waals surface area contributed by atoms with Gasteiger partial charge in [0, 0.05) is 50.1 Å². The van der Waals surface area contributed by atoms with Crippen LogP contribution in [-0.2, 0) is 7.05 Å². The van der Waals surface area contributed by atoms with Crippen LogP contribution in [0.5, 0.6) is 46.0 Å². The van der Waals surface area contributed by atoms with Gasteiger partial charge in [-0.2, -0.15) is 0 Å². The van der Waals surface area contributed by atoms with E-state index in [1.165, 1.54) is 0 Å². The molecule has 0 radical (unpaired) electrons. The summed E-state index contributed by atoms with van der Waals surface area (Å²) in [6, 6.07) is 46.8. The molecule has 0 aliphatic carbocycles. The fourth-order valence-corrected chi connectivity index (χ4v) is 14.9. The Morgan fingerprint density at radius 1 is 0.291 bits per heavy atom. The summed E-state index contributed by atoms with van der Waals surface area (Å²) < 4.78 is 59.4. The number of rotatable bonds is 26. The van der Waals surface area contributed by atoms with Crippen LogP contribution in [0.3, 0.4) is 0 Å². The highest BCUT2D eigenvalue weighted by Crippen LogP contribution is 2.57. The lowest BCUT2D eigenvalue weighted by Crippen LogP contribution is -2.04. The number of benzene rings is 11. The summed E-state index contributed by atoms with van der Waals surface area (Å²) in [7, 11) is 5.41. The molecule has 16 nitrogen and oxygen atoms in total. The molecule has 14 aromatic rings. The standard InChI is InChI=1S/C87H86N8O8/c1-10-16-38-98-74-58-44-50-30-22-24-32-52(50)46-60(58)76(100-40-18-12-3)68-66(74)82-89-80-64-65(73(97-9)57-37-29-28-36-56(57)72(64)96-8)81(88-80)90-83-67-69(77(101-41-19-13-4)61-47-53-33-25-23-31-51(53)45-59(61)75(67)99-39-17-11-2)85(92-83)94-87-71-70(86(95(87)7)93-84(68)91-82)78(102-42-20-14-5)62-48-54-34-26-27-35-55(54)49-63(62)79(71)103-43-21-15-6/h22-37,44-49H,10-21,38-43H2,1-9H3,(H,88,89,90,91,92,93,94). The lowest BCUT2D eigenvalue weighted by atomic mass is 9.95. The van der Waals surface area contributed by atoms with Crippen LogP contribution in [-0.4, -0.2) is 93.3 Å². The minimum absolute atomic E-state index is 0.327. The Kier molecular flexibility index (Phi) is 18.4. The highest BCUT2D eigenvalue weighted by molar-refractivity contribution is 6.25. The van der Waals surface area contributed by atoms with Gasteiger partial charge >= 0.3 is 0 Å². The number of unbranched alkanes of at least 4 members (excludes halogenated alkanes) is 6. The lowest BCUT2D eigenvalue weighted by molar-refractivity contribution is 0.308. The molecule has 1 N–H and O–H groups in total. The van der Waals surface area contributed by atoms with Gasteiger partial charge < -0.3 is 47.4 Å². The Morgan fingerprint density at radius 2 is 0.544 bits per heavy atom. The summed E-state index contributed by atoms with van der Waals surface area (Å²) in [5.41, 5.74) is 4.32. The molecular weight excluding hydrogens is 1290 g/mol. The van der Waals surface area contributed by atoms with Crippen molar-refractivity contribution in [2.45, 2.75) is 119 Å². The smallest absolute Gasteiger partial charge is 0.168 e. The second-order valence-electron chi connectivity index (χ2n) is 27.0. The van der Waals surface area contributed by atoms with Crippen molar-refractivity contribution in [2.75, 3.05) is 53.9 Å². The van der Waals surface area contributed by atoms with Crippen molar-refractivity contribution in [2.24, 2.45) is 7.05 Å². The van der Waals surface area contributed by atoms with Gasteiger partial charge in [-0.25, -0.2) is 29.9 Å². The van der Waals surface area contributed by atoms with E-state index >= 15 is 0 Å². The molecular formula is C87H86N8O8. The molecule has 2 aliphatic heterocycles. The Labute approximate surface area is 598 Å². The van der Waals surface area contributed by atoms with Gasteiger partial charge in [-0.3, -0.25) is 0 Å². The van der Waals surface area contributed by atoms with Gasteiger partial charge in [0.25, 0.3) is 0 Å². The molecule has 2 aliphatic rings. The average molecular weight is 1370 g/mol. The van der Waals surface area contributed by atoms with Gasteiger partial charge in [0.2, 0.25) is 0 Å². The number of aryl methyl sites for hydroxylation is 1. The van der Waals surface area contributed by atoms with Crippen molar-refractivity contribution in [3.8, 4) is 91.5 Å². The molecule has 0 saturated carbocycles. The van der Waals surface area contributed by atoms with Gasteiger partial charge in [-0.15, -0.1) is 0 Å². The van der Waals surface area contributed by atoms with Gasteiger partial charge in [0.1, 0.15) is 68.6 Å². The number of nitrogens with zero attached hydrogens (tertiary/aromatic N) is 7. The van der Waals surface area contributed by atoms with E-state index in [1.54, 1.807) is 14.2 Å². The van der Waals surface area contributed by atoms with Crippen molar-refractivity contribution in [3.05, 3.63) is 133 Å². The maximum Gasteiger partial charge on any atom is 0.168 e. The minimum atomic E-state index is 0.327. The number of fused-ring (bicyclic) bond motifs is 27. The molecule has 103 heavy (non-hydrogen) atoms. The first kappa shape index (κ1) is 66.5. The number of nitrogens with one attached hydrogen (secondary N) is 1. The van der Waals surface area contributed by atoms with E-state index in [2.05, 4.69) is 160 Å². The van der Waals surface area contributed by atoms with Crippen molar-refractivity contribution >= 4 is 120 Å². The Morgan fingerprint density at radius 3 is 0.816 bits per heavy atom. The Balaban J connectivity index is 1.19. The number of H-pyrrole nitrogens is 1. The third-order valence-electron chi connectivity index (χ3n) is 20.2. The monoisotopic (exact) mass is 1370 g/mol. The van der Waals surface area contributed by atoms with Gasteiger partial charge in [0.15, 0.2) is 23.3 Å². The number of ether oxygens (including phenoxy) is 8. The molecule has 16 rings (SSSR count). The molecule has 0 unspecified atom stereocenters. The molecule has 11 aromatic carbocycles. The summed E-state index contributed by atoms with van der Waals surface area (Å²) in [5.74, 6) is 6.20. The maximum atomic E-state index is 7.39. The quantitative estimate of drug-likeness (QED) is 0.0401. The molecule has 0 fully saturated rings. The summed E-state index contributed by atoms with van der Waals surface area (Å²) in [4.78, 5) is 39.2. The Bertz CT molecular complexity index is 5530. The van der Waals surface area contributed by atoms with Crippen LogP contribution < -0.4 is 37.9 Å². The first-order chi connectivity index (χ1) is 50.7. The summed E-state index contributed by atoms with van der Waals surface area (Å²) in [6.07, 6.45) is 10.2. The largest absolute Gasteiger partial charge is 0.495 e. The van der Waals surface area contributed by atoms with Crippen LogP contribution in [0.1, 0.15) is 119 Å². The third-order valence-corrected chi connectivity index (χ3v) is 20.2. The van der Waals surface area contributed by atoms with Crippen LogP contribution in [0.4, 0.5) is 0 Å². The number of methoxy groups -OCH3 is 2. The summed E-state index contributed by atoms with van der Waals surface area (Å²) in [6.45, 7) is 15.6. The number of aromatic amines is 1. The highest BCUT2D eigenvalue weighted by atomic mass is 16.5. The number of aromatic nitrogens is 8. The first-order valence-corrected chi connectivity index (χ1v) is 37.0. The molecule has 8 bridgehead atoms. The number of hydrogen-bond acceptors (Lipinski definition) is 14. The molecule has 3 aromatic heterocycles. The van der Waals surface area contributed by atoms with Gasteiger partial charge in [0.05, 0.1) is 97.7 Å². The van der Waals surface area contributed by atoms with Crippen LogP contribution in [0.25, 0.3) is 165 Å². The van der Waals surface area contributed by atoms with Crippen LogP contribution in [0, 0.1) is 0 Å². The first-order valence-electron chi connectivity index (χ1n) is 37.0. The highest BCUT2D eigenvalue weighted by Gasteiger charge is 2.37.